The molecule has 7 nitrogen and oxygen atoms in total. The number of carbonyl (C=O) groups excluding carboxylic acids is 2. The zero-order chi connectivity index (χ0) is 24.5. The van der Waals surface area contributed by atoms with Gasteiger partial charge in [-0.2, -0.15) is 0 Å². The molecule has 182 valence electrons. The lowest BCUT2D eigenvalue weighted by Gasteiger charge is -2.29. The van der Waals surface area contributed by atoms with E-state index in [-0.39, 0.29) is 24.9 Å². The number of anilines is 3. The highest BCUT2D eigenvalue weighted by Gasteiger charge is 2.15. The Kier molecular flexibility index (Phi) is 8.48. The number of nitrogens with zero attached hydrogens (tertiary/aromatic N) is 2. The van der Waals surface area contributed by atoms with Crippen LogP contribution in [0.5, 0.6) is 0 Å². The molecule has 1 aliphatic rings. The summed E-state index contributed by atoms with van der Waals surface area (Å²) >= 11 is 0. The maximum Gasteiger partial charge on any atom is 0.238 e. The average molecular weight is 473 g/mol. The standard InChI is InChI=1S/C28H32N4O3/c1-2-31(20-27(33)29-24-10-8-23(9-11-24)22-6-4-3-5-7-22)21-28(34)30-25-12-14-26(15-13-25)32-16-18-35-19-17-32/h3-15H,2,16-21H2,1H3,(H,29,33)(H,30,34). The predicted molar refractivity (Wildman–Crippen MR) is 141 cm³/mol. The van der Waals surface area contributed by atoms with E-state index >= 15 is 0 Å². The summed E-state index contributed by atoms with van der Waals surface area (Å²) in [6.45, 7) is 6.02. The molecule has 4 rings (SSSR count). The number of rotatable bonds is 9. The average Bonchev–Trinajstić information content (AvgIpc) is 2.90. The van der Waals surface area contributed by atoms with E-state index in [1.54, 1.807) is 0 Å². The Balaban J connectivity index is 1.25. The van der Waals surface area contributed by atoms with Crippen molar-refractivity contribution in [2.75, 3.05) is 61.5 Å². The lowest BCUT2D eigenvalue weighted by atomic mass is 10.1. The van der Waals surface area contributed by atoms with E-state index < -0.39 is 0 Å². The van der Waals surface area contributed by atoms with Gasteiger partial charge in [0.25, 0.3) is 0 Å². The number of likely N-dealkylation sites (N-methyl/N-ethyl adjacent to an activating group) is 1. The van der Waals surface area contributed by atoms with Crippen LogP contribution in [0, 0.1) is 0 Å². The summed E-state index contributed by atoms with van der Waals surface area (Å²) in [5, 5.41) is 5.85. The summed E-state index contributed by atoms with van der Waals surface area (Å²) in [6.07, 6.45) is 0. The Morgan fingerprint density at radius 3 is 1.83 bits per heavy atom. The highest BCUT2D eigenvalue weighted by Crippen LogP contribution is 2.21. The molecule has 0 atom stereocenters. The van der Waals surface area contributed by atoms with Gasteiger partial charge < -0.3 is 20.3 Å². The molecular formula is C28H32N4O3. The van der Waals surface area contributed by atoms with Gasteiger partial charge in [0.15, 0.2) is 0 Å². The fraction of sp³-hybridized carbons (Fsp3) is 0.286. The molecule has 0 unspecified atom stereocenters. The lowest BCUT2D eigenvalue weighted by Crippen LogP contribution is -2.38. The number of amides is 2. The second-order valence-corrected chi connectivity index (χ2v) is 8.49. The zero-order valence-electron chi connectivity index (χ0n) is 20.1. The number of morpholine rings is 1. The summed E-state index contributed by atoms with van der Waals surface area (Å²) in [6, 6.07) is 25.7. The summed E-state index contributed by atoms with van der Waals surface area (Å²) in [4.78, 5) is 29.2. The molecule has 0 saturated carbocycles. The first-order valence-corrected chi connectivity index (χ1v) is 12.0. The van der Waals surface area contributed by atoms with Gasteiger partial charge >= 0.3 is 0 Å². The van der Waals surface area contributed by atoms with E-state index in [9.17, 15) is 9.59 Å². The molecule has 3 aromatic carbocycles. The summed E-state index contributed by atoms with van der Waals surface area (Å²) in [5.41, 5.74) is 4.81. The van der Waals surface area contributed by atoms with Crippen molar-refractivity contribution in [2.45, 2.75) is 6.92 Å². The van der Waals surface area contributed by atoms with Crippen molar-refractivity contribution in [3.05, 3.63) is 78.9 Å². The van der Waals surface area contributed by atoms with Crippen LogP contribution in [-0.2, 0) is 14.3 Å². The third kappa shape index (κ3) is 7.15. The third-order valence-electron chi connectivity index (χ3n) is 5.98. The van der Waals surface area contributed by atoms with Crippen LogP contribution in [0.3, 0.4) is 0 Å². The summed E-state index contributed by atoms with van der Waals surface area (Å²) < 4.78 is 5.40. The minimum absolute atomic E-state index is 0.139. The molecule has 35 heavy (non-hydrogen) atoms. The van der Waals surface area contributed by atoms with Crippen LogP contribution in [0.1, 0.15) is 6.92 Å². The molecule has 0 aromatic heterocycles. The Labute approximate surface area is 206 Å². The van der Waals surface area contributed by atoms with Gasteiger partial charge in [0.05, 0.1) is 26.3 Å². The summed E-state index contributed by atoms with van der Waals surface area (Å²) in [5.74, 6) is -0.298. The molecule has 1 fully saturated rings. The molecule has 1 saturated heterocycles. The number of benzene rings is 3. The van der Waals surface area contributed by atoms with Crippen LogP contribution in [0.25, 0.3) is 11.1 Å². The molecule has 2 N–H and O–H groups in total. The number of hydrogen-bond donors (Lipinski definition) is 2. The highest BCUT2D eigenvalue weighted by atomic mass is 16.5. The minimum atomic E-state index is -0.151. The number of nitrogens with one attached hydrogen (secondary N) is 2. The highest BCUT2D eigenvalue weighted by molar-refractivity contribution is 5.95. The van der Waals surface area contributed by atoms with Gasteiger partial charge in [-0.3, -0.25) is 14.5 Å². The van der Waals surface area contributed by atoms with Gasteiger partial charge in [0.1, 0.15) is 0 Å². The molecule has 1 aliphatic heterocycles. The second-order valence-electron chi connectivity index (χ2n) is 8.49. The quantitative estimate of drug-likeness (QED) is 0.491. The minimum Gasteiger partial charge on any atom is -0.378 e. The van der Waals surface area contributed by atoms with Crippen LogP contribution < -0.4 is 15.5 Å². The van der Waals surface area contributed by atoms with E-state index in [1.165, 1.54) is 0 Å². The molecule has 2 amide bonds. The Morgan fingerprint density at radius 2 is 1.29 bits per heavy atom. The first-order chi connectivity index (χ1) is 17.1. The normalized spacial score (nSPS) is 13.5. The Bertz CT molecular complexity index is 1100. The van der Waals surface area contributed by atoms with Crippen LogP contribution in [-0.4, -0.2) is 62.7 Å². The van der Waals surface area contributed by atoms with E-state index in [0.29, 0.717) is 6.54 Å². The monoisotopic (exact) mass is 472 g/mol. The van der Waals surface area contributed by atoms with Crippen molar-refractivity contribution in [1.29, 1.82) is 0 Å². The van der Waals surface area contributed by atoms with Crippen LogP contribution in [0.15, 0.2) is 78.9 Å². The van der Waals surface area contributed by atoms with E-state index in [1.807, 2.05) is 78.6 Å². The largest absolute Gasteiger partial charge is 0.378 e. The molecule has 0 aliphatic carbocycles. The third-order valence-corrected chi connectivity index (χ3v) is 5.98. The van der Waals surface area contributed by atoms with Crippen molar-refractivity contribution < 1.29 is 14.3 Å². The van der Waals surface area contributed by atoms with Gasteiger partial charge in [-0.05, 0) is 54.1 Å². The SMILES string of the molecule is CCN(CC(=O)Nc1ccc(-c2ccccc2)cc1)CC(=O)Nc1ccc(N2CCOCC2)cc1. The Hall–Kier alpha value is -3.68. The Morgan fingerprint density at radius 1 is 0.771 bits per heavy atom. The van der Waals surface area contributed by atoms with Crippen molar-refractivity contribution in [3.8, 4) is 11.1 Å². The van der Waals surface area contributed by atoms with Gasteiger partial charge in [0.2, 0.25) is 11.8 Å². The molecule has 0 radical (unpaired) electrons. The fourth-order valence-electron chi connectivity index (χ4n) is 4.04. The van der Waals surface area contributed by atoms with Crippen molar-refractivity contribution in [1.82, 2.24) is 4.90 Å². The predicted octanol–water partition coefficient (Wildman–Crippen LogP) is 4.09. The maximum atomic E-state index is 12.6. The van der Waals surface area contributed by atoms with E-state index in [0.717, 1.165) is 54.5 Å². The van der Waals surface area contributed by atoms with Gasteiger partial charge in [0, 0.05) is 30.2 Å². The second kappa shape index (κ2) is 12.1. The molecule has 0 bridgehead atoms. The van der Waals surface area contributed by atoms with Crippen molar-refractivity contribution in [2.24, 2.45) is 0 Å². The first-order valence-electron chi connectivity index (χ1n) is 12.0. The molecular weight excluding hydrogens is 440 g/mol. The van der Waals surface area contributed by atoms with Gasteiger partial charge in [-0.1, -0.05) is 49.4 Å². The fourth-order valence-corrected chi connectivity index (χ4v) is 4.04. The van der Waals surface area contributed by atoms with E-state index in [4.69, 9.17) is 4.74 Å². The van der Waals surface area contributed by atoms with Gasteiger partial charge in [-0.25, -0.2) is 0 Å². The number of ether oxygens (including phenoxy) is 1. The molecule has 7 heteroatoms. The molecule has 3 aromatic rings. The topological polar surface area (TPSA) is 73.9 Å². The number of carbonyl (C=O) groups is 2. The van der Waals surface area contributed by atoms with Crippen molar-refractivity contribution >= 4 is 28.9 Å². The first kappa shape index (κ1) is 24.4. The zero-order valence-corrected chi connectivity index (χ0v) is 20.1. The lowest BCUT2D eigenvalue weighted by molar-refractivity contribution is -0.119. The van der Waals surface area contributed by atoms with Crippen LogP contribution in [0.4, 0.5) is 17.1 Å². The van der Waals surface area contributed by atoms with Crippen molar-refractivity contribution in [3.63, 3.8) is 0 Å². The maximum absolute atomic E-state index is 12.6. The van der Waals surface area contributed by atoms with E-state index in [2.05, 4.69) is 27.7 Å². The van der Waals surface area contributed by atoms with Gasteiger partial charge in [-0.15, -0.1) is 0 Å². The smallest absolute Gasteiger partial charge is 0.238 e. The van der Waals surface area contributed by atoms with Crippen LogP contribution in [0.2, 0.25) is 0 Å². The summed E-state index contributed by atoms with van der Waals surface area (Å²) in [7, 11) is 0. The molecule has 0 spiro atoms. The molecule has 1 heterocycles. The number of hydrogen-bond acceptors (Lipinski definition) is 5. The van der Waals surface area contributed by atoms with Crippen LogP contribution >= 0.6 is 0 Å².